The summed E-state index contributed by atoms with van der Waals surface area (Å²) in [6.07, 6.45) is 1.97. The Balaban J connectivity index is 3.09. The maximum absolute atomic E-state index is 5.81. The molecule has 0 aliphatic carbocycles. The van der Waals surface area contributed by atoms with Gasteiger partial charge in [0.2, 0.25) is 0 Å². The van der Waals surface area contributed by atoms with Crippen molar-refractivity contribution in [2.45, 2.75) is 11.9 Å². The Bertz CT molecular complexity index is 237. The third-order valence-corrected chi connectivity index (χ3v) is 2.26. The van der Waals surface area contributed by atoms with Crippen molar-refractivity contribution in [3.63, 3.8) is 0 Å². The Hall–Kier alpha value is -0.210. The van der Waals surface area contributed by atoms with Gasteiger partial charge in [-0.25, -0.2) is 4.98 Å². The minimum Gasteiger partial charge on any atom is -0.245 e. The quantitative estimate of drug-likeness (QED) is 0.606. The maximum atomic E-state index is 5.81. The standard InChI is InChI=1S/C7H8ClNS/c1-5-3-4-6(8)7(9-5)10-2/h3-4H,1-2H3. The van der Waals surface area contributed by atoms with Crippen LogP contribution < -0.4 is 0 Å². The molecule has 10 heavy (non-hydrogen) atoms. The molecular weight excluding hydrogens is 166 g/mol. The summed E-state index contributed by atoms with van der Waals surface area (Å²) < 4.78 is 0. The van der Waals surface area contributed by atoms with E-state index in [0.29, 0.717) is 0 Å². The summed E-state index contributed by atoms with van der Waals surface area (Å²) in [6.45, 7) is 1.95. The van der Waals surface area contributed by atoms with Crippen LogP contribution in [0.4, 0.5) is 0 Å². The fourth-order valence-corrected chi connectivity index (χ4v) is 1.49. The van der Waals surface area contributed by atoms with Crippen LogP contribution in [0.15, 0.2) is 17.2 Å². The number of halogens is 1. The van der Waals surface area contributed by atoms with Crippen LogP contribution >= 0.6 is 23.4 Å². The summed E-state index contributed by atoms with van der Waals surface area (Å²) in [7, 11) is 0. The average Bonchev–Trinajstić information content (AvgIpc) is 1.94. The predicted octanol–water partition coefficient (Wildman–Crippen LogP) is 2.77. The van der Waals surface area contributed by atoms with E-state index in [0.717, 1.165) is 15.7 Å². The lowest BCUT2D eigenvalue weighted by molar-refractivity contribution is 1.07. The highest BCUT2D eigenvalue weighted by molar-refractivity contribution is 7.98. The molecule has 3 heteroatoms. The first-order valence-electron chi connectivity index (χ1n) is 2.91. The number of pyridine rings is 1. The molecule has 0 aromatic carbocycles. The van der Waals surface area contributed by atoms with Gasteiger partial charge in [-0.3, -0.25) is 0 Å². The Morgan fingerprint density at radius 3 is 2.70 bits per heavy atom. The number of aryl methyl sites for hydroxylation is 1. The summed E-state index contributed by atoms with van der Waals surface area (Å²) >= 11 is 7.38. The summed E-state index contributed by atoms with van der Waals surface area (Å²) in [5.74, 6) is 0. The summed E-state index contributed by atoms with van der Waals surface area (Å²) in [5, 5.41) is 1.64. The predicted molar refractivity (Wildman–Crippen MR) is 45.8 cm³/mol. The van der Waals surface area contributed by atoms with Crippen molar-refractivity contribution in [3.05, 3.63) is 22.8 Å². The molecule has 0 aliphatic heterocycles. The van der Waals surface area contributed by atoms with Crippen molar-refractivity contribution < 1.29 is 0 Å². The fraction of sp³-hybridized carbons (Fsp3) is 0.286. The van der Waals surface area contributed by atoms with Gasteiger partial charge < -0.3 is 0 Å². The second-order valence-electron chi connectivity index (χ2n) is 1.94. The fourth-order valence-electron chi connectivity index (χ4n) is 0.659. The van der Waals surface area contributed by atoms with E-state index in [1.165, 1.54) is 0 Å². The van der Waals surface area contributed by atoms with E-state index >= 15 is 0 Å². The van der Waals surface area contributed by atoms with E-state index in [1.54, 1.807) is 11.8 Å². The molecule has 1 nitrogen and oxygen atoms in total. The number of rotatable bonds is 1. The first-order chi connectivity index (χ1) is 4.74. The van der Waals surface area contributed by atoms with E-state index in [4.69, 9.17) is 11.6 Å². The number of hydrogen-bond acceptors (Lipinski definition) is 2. The van der Waals surface area contributed by atoms with Crippen molar-refractivity contribution in [1.29, 1.82) is 0 Å². The van der Waals surface area contributed by atoms with Crippen LogP contribution in [0.5, 0.6) is 0 Å². The highest BCUT2D eigenvalue weighted by Gasteiger charge is 1.98. The van der Waals surface area contributed by atoms with Gasteiger partial charge in [-0.15, -0.1) is 11.8 Å². The minimum absolute atomic E-state index is 0.734. The van der Waals surface area contributed by atoms with Crippen LogP contribution in [-0.4, -0.2) is 11.2 Å². The molecule has 0 atom stereocenters. The maximum Gasteiger partial charge on any atom is 0.115 e. The van der Waals surface area contributed by atoms with Gasteiger partial charge in [0.1, 0.15) is 5.03 Å². The molecule has 0 saturated carbocycles. The zero-order chi connectivity index (χ0) is 7.56. The van der Waals surface area contributed by atoms with Crippen molar-refractivity contribution in [3.8, 4) is 0 Å². The lowest BCUT2D eigenvalue weighted by Crippen LogP contribution is -1.83. The third-order valence-electron chi connectivity index (χ3n) is 1.15. The highest BCUT2D eigenvalue weighted by atomic mass is 35.5. The second kappa shape index (κ2) is 3.26. The van der Waals surface area contributed by atoms with E-state index in [-0.39, 0.29) is 0 Å². The molecule has 0 bridgehead atoms. The van der Waals surface area contributed by atoms with E-state index in [2.05, 4.69) is 4.98 Å². The molecule has 1 aromatic rings. The van der Waals surface area contributed by atoms with Gasteiger partial charge in [-0.2, -0.15) is 0 Å². The molecule has 0 N–H and O–H groups in total. The van der Waals surface area contributed by atoms with Crippen molar-refractivity contribution in [1.82, 2.24) is 4.98 Å². The van der Waals surface area contributed by atoms with E-state index < -0.39 is 0 Å². The molecule has 0 fully saturated rings. The van der Waals surface area contributed by atoms with E-state index in [1.807, 2.05) is 25.3 Å². The van der Waals surface area contributed by atoms with Crippen LogP contribution in [0.2, 0.25) is 5.02 Å². The van der Waals surface area contributed by atoms with Crippen LogP contribution in [-0.2, 0) is 0 Å². The lowest BCUT2D eigenvalue weighted by Gasteiger charge is -1.98. The van der Waals surface area contributed by atoms with Gasteiger partial charge in [0.25, 0.3) is 0 Å². The number of hydrogen-bond donors (Lipinski definition) is 0. The van der Waals surface area contributed by atoms with Gasteiger partial charge in [0.05, 0.1) is 5.02 Å². The topological polar surface area (TPSA) is 12.9 Å². The average molecular weight is 174 g/mol. The first kappa shape index (κ1) is 7.89. The molecule has 0 radical (unpaired) electrons. The monoisotopic (exact) mass is 173 g/mol. The molecule has 0 spiro atoms. The minimum atomic E-state index is 0.734. The van der Waals surface area contributed by atoms with Gasteiger partial charge in [0.15, 0.2) is 0 Å². The molecule has 1 heterocycles. The normalized spacial score (nSPS) is 9.90. The molecular formula is C7H8ClNS. The zero-order valence-corrected chi connectivity index (χ0v) is 7.46. The van der Waals surface area contributed by atoms with Crippen LogP contribution in [0.3, 0.4) is 0 Å². The Morgan fingerprint density at radius 1 is 1.50 bits per heavy atom. The van der Waals surface area contributed by atoms with Crippen molar-refractivity contribution in [2.24, 2.45) is 0 Å². The molecule has 0 aliphatic rings. The lowest BCUT2D eigenvalue weighted by atomic mass is 10.4. The van der Waals surface area contributed by atoms with Gasteiger partial charge in [0, 0.05) is 5.69 Å². The molecule has 0 unspecified atom stereocenters. The summed E-state index contributed by atoms with van der Waals surface area (Å²) in [6, 6.07) is 3.78. The number of nitrogens with zero attached hydrogens (tertiary/aromatic N) is 1. The van der Waals surface area contributed by atoms with Gasteiger partial charge in [-0.05, 0) is 25.3 Å². The molecule has 54 valence electrons. The smallest absolute Gasteiger partial charge is 0.115 e. The summed E-state index contributed by atoms with van der Waals surface area (Å²) in [5.41, 5.74) is 1.01. The summed E-state index contributed by atoms with van der Waals surface area (Å²) in [4.78, 5) is 4.22. The zero-order valence-electron chi connectivity index (χ0n) is 5.89. The Labute approximate surface area is 69.8 Å². The van der Waals surface area contributed by atoms with Crippen molar-refractivity contribution >= 4 is 23.4 Å². The van der Waals surface area contributed by atoms with Gasteiger partial charge in [-0.1, -0.05) is 11.6 Å². The van der Waals surface area contributed by atoms with Crippen molar-refractivity contribution in [2.75, 3.05) is 6.26 Å². The number of aromatic nitrogens is 1. The Morgan fingerprint density at radius 2 is 2.20 bits per heavy atom. The molecule has 0 saturated heterocycles. The van der Waals surface area contributed by atoms with Crippen LogP contribution in [0.1, 0.15) is 5.69 Å². The molecule has 0 amide bonds. The molecule has 1 aromatic heterocycles. The van der Waals surface area contributed by atoms with Crippen LogP contribution in [0, 0.1) is 6.92 Å². The number of thioether (sulfide) groups is 1. The van der Waals surface area contributed by atoms with Gasteiger partial charge >= 0.3 is 0 Å². The highest BCUT2D eigenvalue weighted by Crippen LogP contribution is 2.22. The largest absolute Gasteiger partial charge is 0.245 e. The Kier molecular flexibility index (Phi) is 2.57. The first-order valence-corrected chi connectivity index (χ1v) is 4.51. The second-order valence-corrected chi connectivity index (χ2v) is 3.15. The van der Waals surface area contributed by atoms with E-state index in [9.17, 15) is 0 Å². The molecule has 1 rings (SSSR count). The third kappa shape index (κ3) is 1.64. The van der Waals surface area contributed by atoms with Crippen LogP contribution in [0.25, 0.3) is 0 Å². The SMILES string of the molecule is CSc1nc(C)ccc1Cl.